The Morgan fingerprint density at radius 1 is 0.561 bits per heavy atom. The molecule has 0 nitrogen and oxygen atoms in total. The second-order valence-electron chi connectivity index (χ2n) is 10.1. The van der Waals surface area contributed by atoms with Crippen molar-refractivity contribution in [3.8, 4) is 11.1 Å². The summed E-state index contributed by atoms with van der Waals surface area (Å²) in [6.45, 7) is 6.10. The number of thiophene rings is 3. The molecule has 0 aliphatic carbocycles. The van der Waals surface area contributed by atoms with Gasteiger partial charge in [0.2, 0.25) is 0 Å². The fraction of sp³-hybridized carbons (Fsp3) is 0.0270. The molecule has 0 N–H and O–H groups in total. The van der Waals surface area contributed by atoms with E-state index >= 15 is 0 Å². The molecule has 5 aromatic carbocycles. The van der Waals surface area contributed by atoms with Crippen molar-refractivity contribution >= 4 is 108 Å². The van der Waals surface area contributed by atoms with Gasteiger partial charge in [0.1, 0.15) is 0 Å². The van der Waals surface area contributed by atoms with Crippen LogP contribution in [-0.4, -0.2) is 0 Å². The Morgan fingerprint density at radius 3 is 1.76 bits per heavy atom. The van der Waals surface area contributed by atoms with E-state index in [1.54, 1.807) is 0 Å². The Hall–Kier alpha value is -3.67. The monoisotopic (exact) mass is 596 g/mol. The van der Waals surface area contributed by atoms with Crippen LogP contribution >= 0.6 is 45.8 Å². The summed E-state index contributed by atoms with van der Waals surface area (Å²) in [6.07, 6.45) is 6.28. The summed E-state index contributed by atoms with van der Waals surface area (Å²) in [5.74, 6) is 0. The SMILES string of the molecule is C=Cc1sc2ccc(Sc3ccc4sc5ccc(-c6ccc7sc8ccccc8c7c6)cc5c4c3)cc2c1/C=C\C. The van der Waals surface area contributed by atoms with Gasteiger partial charge in [-0.15, -0.1) is 34.0 Å². The van der Waals surface area contributed by atoms with Gasteiger partial charge in [0.05, 0.1) is 0 Å². The highest BCUT2D eigenvalue weighted by molar-refractivity contribution is 7.99. The van der Waals surface area contributed by atoms with Crippen molar-refractivity contribution in [1.82, 2.24) is 0 Å². The van der Waals surface area contributed by atoms with Crippen molar-refractivity contribution in [3.63, 3.8) is 0 Å². The van der Waals surface area contributed by atoms with Gasteiger partial charge in [-0.05, 0) is 90.3 Å². The number of hydrogen-bond acceptors (Lipinski definition) is 4. The highest BCUT2D eigenvalue weighted by atomic mass is 32.2. The molecule has 0 atom stereocenters. The average molecular weight is 597 g/mol. The maximum atomic E-state index is 4.03. The van der Waals surface area contributed by atoms with E-state index in [2.05, 4.69) is 123 Å². The number of benzene rings is 5. The van der Waals surface area contributed by atoms with Gasteiger partial charge in [-0.25, -0.2) is 0 Å². The van der Waals surface area contributed by atoms with Crippen LogP contribution < -0.4 is 0 Å². The van der Waals surface area contributed by atoms with Crippen molar-refractivity contribution < 1.29 is 0 Å². The molecular weight excluding hydrogens is 573 g/mol. The zero-order chi connectivity index (χ0) is 27.5. The minimum atomic E-state index is 1.23. The molecule has 0 spiro atoms. The van der Waals surface area contributed by atoms with Gasteiger partial charge >= 0.3 is 0 Å². The predicted octanol–water partition coefficient (Wildman–Crippen LogP) is 13.1. The lowest BCUT2D eigenvalue weighted by Crippen LogP contribution is -1.79. The largest absolute Gasteiger partial charge is 0.135 e. The Bertz CT molecular complexity index is 2320. The highest BCUT2D eigenvalue weighted by Gasteiger charge is 2.12. The van der Waals surface area contributed by atoms with Crippen LogP contribution in [0.1, 0.15) is 17.4 Å². The number of fused-ring (bicyclic) bond motifs is 7. The third-order valence-corrected chi connectivity index (χ3v) is 12.1. The molecule has 0 saturated heterocycles. The summed E-state index contributed by atoms with van der Waals surface area (Å²) in [6, 6.07) is 36.3. The van der Waals surface area contributed by atoms with E-state index in [1.807, 2.05) is 51.8 Å². The quantitative estimate of drug-likeness (QED) is 0.190. The van der Waals surface area contributed by atoms with Crippen LogP contribution in [0, 0.1) is 0 Å². The fourth-order valence-corrected chi connectivity index (χ4v) is 9.78. The van der Waals surface area contributed by atoms with E-state index in [9.17, 15) is 0 Å². The minimum absolute atomic E-state index is 1.23. The van der Waals surface area contributed by atoms with Gasteiger partial charge in [0.15, 0.2) is 0 Å². The molecule has 41 heavy (non-hydrogen) atoms. The van der Waals surface area contributed by atoms with Crippen LogP contribution in [0.25, 0.3) is 73.7 Å². The minimum Gasteiger partial charge on any atom is -0.135 e. The van der Waals surface area contributed by atoms with E-state index < -0.39 is 0 Å². The second-order valence-corrected chi connectivity index (χ2v) is 14.5. The first-order valence-corrected chi connectivity index (χ1v) is 16.8. The summed E-state index contributed by atoms with van der Waals surface area (Å²) < 4.78 is 6.66. The first kappa shape index (κ1) is 25.1. The molecular formula is C37H24S4. The van der Waals surface area contributed by atoms with Crippen LogP contribution in [0.15, 0.2) is 120 Å². The molecule has 0 fully saturated rings. The van der Waals surface area contributed by atoms with Crippen molar-refractivity contribution in [2.24, 2.45) is 0 Å². The maximum absolute atomic E-state index is 4.03. The lowest BCUT2D eigenvalue weighted by atomic mass is 10.0. The molecule has 3 aromatic heterocycles. The second kappa shape index (κ2) is 10.0. The van der Waals surface area contributed by atoms with Crippen LogP contribution in [-0.2, 0) is 0 Å². The van der Waals surface area contributed by atoms with E-state index in [1.165, 1.54) is 81.8 Å². The molecule has 0 amide bonds. The molecule has 196 valence electrons. The predicted molar refractivity (Wildman–Crippen MR) is 188 cm³/mol. The van der Waals surface area contributed by atoms with Gasteiger partial charge in [0, 0.05) is 65.1 Å². The zero-order valence-corrected chi connectivity index (χ0v) is 25.6. The van der Waals surface area contributed by atoms with Crippen LogP contribution in [0.2, 0.25) is 0 Å². The molecule has 0 aliphatic rings. The van der Waals surface area contributed by atoms with Crippen LogP contribution in [0.5, 0.6) is 0 Å². The van der Waals surface area contributed by atoms with Crippen molar-refractivity contribution in [2.45, 2.75) is 16.7 Å². The molecule has 3 heterocycles. The fourth-order valence-electron chi connectivity index (χ4n) is 5.71. The lowest BCUT2D eigenvalue weighted by Gasteiger charge is -2.05. The molecule has 0 unspecified atom stereocenters. The van der Waals surface area contributed by atoms with Gasteiger partial charge in [-0.2, -0.15) is 0 Å². The Labute approximate surface area is 254 Å². The number of rotatable bonds is 5. The Kier molecular flexibility index (Phi) is 6.12. The molecule has 0 bridgehead atoms. The summed E-state index contributed by atoms with van der Waals surface area (Å²) in [5, 5.41) is 6.66. The Balaban J connectivity index is 1.19. The van der Waals surface area contributed by atoms with Crippen molar-refractivity contribution in [2.75, 3.05) is 0 Å². The smallest absolute Gasteiger partial charge is 0.0356 e. The first-order valence-electron chi connectivity index (χ1n) is 13.6. The molecule has 0 saturated carbocycles. The van der Waals surface area contributed by atoms with Crippen LogP contribution in [0.3, 0.4) is 0 Å². The van der Waals surface area contributed by atoms with E-state index in [0.717, 1.165) is 0 Å². The van der Waals surface area contributed by atoms with E-state index in [-0.39, 0.29) is 0 Å². The molecule has 8 aromatic rings. The van der Waals surface area contributed by atoms with Gasteiger partial charge in [-0.3, -0.25) is 0 Å². The molecule has 0 radical (unpaired) electrons. The summed E-state index contributed by atoms with van der Waals surface area (Å²) in [4.78, 5) is 3.75. The summed E-state index contributed by atoms with van der Waals surface area (Å²) in [5.41, 5.74) is 3.81. The van der Waals surface area contributed by atoms with E-state index in [4.69, 9.17) is 0 Å². The standard InChI is InChI=1S/C37H24S4/c1-3-7-26-30-20-24(12-16-36(30)39-32(26)4-2)38-25-13-17-37-31(21-25)29-19-23(11-15-35(29)41-37)22-10-14-34-28(18-22)27-8-5-6-9-33(27)40-34/h3-21H,2H2,1H3/b7-3-. The third-order valence-electron chi connectivity index (χ3n) is 7.63. The molecule has 0 aliphatic heterocycles. The van der Waals surface area contributed by atoms with Gasteiger partial charge in [-0.1, -0.05) is 66.9 Å². The van der Waals surface area contributed by atoms with Gasteiger partial charge < -0.3 is 0 Å². The molecule has 8 rings (SSSR count). The topological polar surface area (TPSA) is 0 Å². The third kappa shape index (κ3) is 4.25. The van der Waals surface area contributed by atoms with E-state index in [0.29, 0.717) is 0 Å². The molecule has 4 heteroatoms. The average Bonchev–Trinajstić information content (AvgIpc) is 3.67. The zero-order valence-electron chi connectivity index (χ0n) is 22.3. The normalized spacial score (nSPS) is 12.1. The first-order chi connectivity index (χ1) is 20.2. The van der Waals surface area contributed by atoms with Gasteiger partial charge in [0.25, 0.3) is 0 Å². The summed E-state index contributed by atoms with van der Waals surface area (Å²) >= 11 is 7.39. The highest BCUT2D eigenvalue weighted by Crippen LogP contribution is 2.42. The number of hydrogen-bond donors (Lipinski definition) is 0. The number of allylic oxidation sites excluding steroid dienone is 1. The summed E-state index contributed by atoms with van der Waals surface area (Å²) in [7, 11) is 0. The van der Waals surface area contributed by atoms with Crippen molar-refractivity contribution in [1.29, 1.82) is 0 Å². The lowest BCUT2D eigenvalue weighted by molar-refractivity contribution is 1.46. The maximum Gasteiger partial charge on any atom is 0.0356 e. The van der Waals surface area contributed by atoms with Crippen molar-refractivity contribution in [3.05, 3.63) is 120 Å². The van der Waals surface area contributed by atoms with Crippen LogP contribution in [0.4, 0.5) is 0 Å². The Morgan fingerprint density at radius 2 is 1.10 bits per heavy atom.